The van der Waals surface area contributed by atoms with Crippen LogP contribution in [0.4, 0.5) is 0 Å². The lowest BCUT2D eigenvalue weighted by Crippen LogP contribution is -2.57. The number of methoxy groups -OCH3 is 1. The van der Waals surface area contributed by atoms with Gasteiger partial charge in [-0.1, -0.05) is 12.1 Å². The third-order valence-corrected chi connectivity index (χ3v) is 5.11. The normalized spacial score (nSPS) is 38.2. The summed E-state index contributed by atoms with van der Waals surface area (Å²) in [6, 6.07) is 7.59. The highest BCUT2D eigenvalue weighted by Gasteiger charge is 2.42. The highest BCUT2D eigenvalue weighted by atomic mass is 16.7. The van der Waals surface area contributed by atoms with Crippen LogP contribution in [0.1, 0.15) is 12.5 Å². The molecule has 0 aromatic heterocycles. The molecule has 7 N–H and O–H groups in total. The lowest BCUT2D eigenvalue weighted by molar-refractivity contribution is -0.292. The van der Waals surface area contributed by atoms with Crippen LogP contribution >= 0.6 is 0 Å². The van der Waals surface area contributed by atoms with Gasteiger partial charge in [0.2, 0.25) is 0 Å². The zero-order valence-electron chi connectivity index (χ0n) is 17.4. The van der Waals surface area contributed by atoms with Gasteiger partial charge in [-0.25, -0.2) is 0 Å². The van der Waals surface area contributed by atoms with Gasteiger partial charge in [-0.2, -0.15) is 0 Å². The van der Waals surface area contributed by atoms with Crippen molar-refractivity contribution in [2.75, 3.05) is 20.3 Å². The average molecular weight is 448 g/mol. The molecule has 2 aliphatic rings. The summed E-state index contributed by atoms with van der Waals surface area (Å²) in [5.41, 5.74) is 1.06. The molecule has 0 amide bonds. The van der Waals surface area contributed by atoms with E-state index in [1.54, 1.807) is 14.0 Å². The second kappa shape index (κ2) is 12.0. The van der Waals surface area contributed by atoms with Crippen molar-refractivity contribution >= 4 is 0 Å². The van der Waals surface area contributed by atoms with Gasteiger partial charge in [-0.05, 0) is 31.0 Å². The van der Waals surface area contributed by atoms with Crippen LogP contribution in [0.5, 0.6) is 5.75 Å². The zero-order chi connectivity index (χ0) is 23.1. The Labute approximate surface area is 180 Å². The molecule has 0 bridgehead atoms. The smallest absolute Gasteiger partial charge is 0.186 e. The number of aliphatic hydroxyl groups is 7. The minimum Gasteiger partial charge on any atom is -0.497 e. The molecule has 11 heteroatoms. The van der Waals surface area contributed by atoms with Gasteiger partial charge in [-0.15, -0.1) is 0 Å². The third kappa shape index (κ3) is 7.05. The van der Waals surface area contributed by atoms with Crippen LogP contribution in [0.3, 0.4) is 0 Å². The topological polar surface area (TPSA) is 179 Å². The SMILES string of the molecule is COc1ccc(CCOC2OC(C)C(O)C(O)C2O)cc1.OC1COC(O)C(O)C1O. The number of hydrogen-bond donors (Lipinski definition) is 7. The Morgan fingerprint density at radius 1 is 0.871 bits per heavy atom. The molecule has 31 heavy (non-hydrogen) atoms. The van der Waals surface area contributed by atoms with Gasteiger partial charge in [-0.3, -0.25) is 0 Å². The Morgan fingerprint density at radius 3 is 2.10 bits per heavy atom. The van der Waals surface area contributed by atoms with Gasteiger partial charge in [0.1, 0.15) is 42.4 Å². The summed E-state index contributed by atoms with van der Waals surface area (Å²) in [5, 5.41) is 64.3. The van der Waals surface area contributed by atoms with Crippen LogP contribution in [-0.4, -0.2) is 111 Å². The van der Waals surface area contributed by atoms with Crippen molar-refractivity contribution in [2.24, 2.45) is 0 Å². The van der Waals surface area contributed by atoms with Crippen molar-refractivity contribution in [3.8, 4) is 5.75 Å². The van der Waals surface area contributed by atoms with Crippen LogP contribution in [-0.2, 0) is 20.6 Å². The first-order valence-electron chi connectivity index (χ1n) is 9.93. The summed E-state index contributed by atoms with van der Waals surface area (Å²) in [5.74, 6) is 0.789. The average Bonchev–Trinajstić information content (AvgIpc) is 2.78. The van der Waals surface area contributed by atoms with E-state index in [-0.39, 0.29) is 6.61 Å². The predicted octanol–water partition coefficient (Wildman–Crippen LogP) is -2.50. The first-order chi connectivity index (χ1) is 14.6. The molecule has 9 unspecified atom stereocenters. The summed E-state index contributed by atoms with van der Waals surface area (Å²) in [7, 11) is 1.61. The van der Waals surface area contributed by atoms with Gasteiger partial charge >= 0.3 is 0 Å². The highest BCUT2D eigenvalue weighted by Crippen LogP contribution is 2.22. The van der Waals surface area contributed by atoms with Crippen LogP contribution in [0, 0.1) is 0 Å². The summed E-state index contributed by atoms with van der Waals surface area (Å²) >= 11 is 0. The molecule has 2 fully saturated rings. The lowest BCUT2D eigenvalue weighted by atomic mass is 10.00. The van der Waals surface area contributed by atoms with E-state index in [0.717, 1.165) is 11.3 Å². The molecule has 0 radical (unpaired) electrons. The van der Waals surface area contributed by atoms with Crippen molar-refractivity contribution in [2.45, 2.75) is 68.7 Å². The Balaban J connectivity index is 0.000000285. The predicted molar refractivity (Wildman–Crippen MR) is 105 cm³/mol. The molecule has 2 heterocycles. The minimum absolute atomic E-state index is 0.153. The highest BCUT2D eigenvalue weighted by molar-refractivity contribution is 5.27. The molecular weight excluding hydrogens is 416 g/mol. The molecule has 11 nitrogen and oxygen atoms in total. The molecular formula is C20H32O11. The van der Waals surface area contributed by atoms with Crippen LogP contribution < -0.4 is 4.74 Å². The lowest BCUT2D eigenvalue weighted by Gasteiger charge is -2.38. The summed E-state index contributed by atoms with van der Waals surface area (Å²) in [6.07, 6.45) is -9.74. The summed E-state index contributed by atoms with van der Waals surface area (Å²) in [6.45, 7) is 1.81. The number of benzene rings is 1. The Morgan fingerprint density at radius 2 is 1.52 bits per heavy atom. The minimum atomic E-state index is -1.41. The maximum absolute atomic E-state index is 9.81. The van der Waals surface area contributed by atoms with E-state index < -0.39 is 55.3 Å². The summed E-state index contributed by atoms with van der Waals surface area (Å²) in [4.78, 5) is 0. The van der Waals surface area contributed by atoms with E-state index in [2.05, 4.69) is 4.74 Å². The number of aliphatic hydroxyl groups excluding tert-OH is 7. The van der Waals surface area contributed by atoms with Gasteiger partial charge in [0.05, 0.1) is 26.4 Å². The first kappa shape index (κ1) is 25.9. The third-order valence-electron chi connectivity index (χ3n) is 5.11. The molecule has 3 rings (SSSR count). The monoisotopic (exact) mass is 448 g/mol. The van der Waals surface area contributed by atoms with E-state index >= 15 is 0 Å². The van der Waals surface area contributed by atoms with Crippen LogP contribution in [0.15, 0.2) is 24.3 Å². The maximum Gasteiger partial charge on any atom is 0.186 e. The van der Waals surface area contributed by atoms with Crippen molar-refractivity contribution in [3.05, 3.63) is 29.8 Å². The molecule has 0 saturated carbocycles. The second-order valence-electron chi connectivity index (χ2n) is 7.42. The van der Waals surface area contributed by atoms with Crippen molar-refractivity contribution in [1.29, 1.82) is 0 Å². The van der Waals surface area contributed by atoms with E-state index in [9.17, 15) is 15.3 Å². The van der Waals surface area contributed by atoms with Gasteiger partial charge in [0.15, 0.2) is 12.6 Å². The fourth-order valence-electron chi connectivity index (χ4n) is 3.03. The van der Waals surface area contributed by atoms with E-state index in [0.29, 0.717) is 13.0 Å². The Hall–Kier alpha value is -1.38. The fraction of sp³-hybridized carbons (Fsp3) is 0.700. The largest absolute Gasteiger partial charge is 0.497 e. The van der Waals surface area contributed by atoms with Crippen molar-refractivity contribution in [1.82, 2.24) is 0 Å². The molecule has 1 aromatic carbocycles. The molecule has 178 valence electrons. The van der Waals surface area contributed by atoms with Gasteiger partial charge in [0.25, 0.3) is 0 Å². The van der Waals surface area contributed by atoms with Crippen molar-refractivity contribution in [3.63, 3.8) is 0 Å². The summed E-state index contributed by atoms with van der Waals surface area (Å²) < 4.78 is 20.4. The fourth-order valence-corrected chi connectivity index (χ4v) is 3.03. The molecule has 0 aliphatic carbocycles. The molecule has 0 spiro atoms. The number of rotatable bonds is 5. The number of ether oxygens (including phenoxy) is 4. The van der Waals surface area contributed by atoms with E-state index in [1.807, 2.05) is 24.3 Å². The first-order valence-corrected chi connectivity index (χ1v) is 9.93. The molecule has 2 saturated heterocycles. The molecule has 2 aliphatic heterocycles. The van der Waals surface area contributed by atoms with Crippen LogP contribution in [0.25, 0.3) is 0 Å². The van der Waals surface area contributed by atoms with Gasteiger partial charge < -0.3 is 54.7 Å². The zero-order valence-corrected chi connectivity index (χ0v) is 17.4. The maximum atomic E-state index is 9.81. The van der Waals surface area contributed by atoms with E-state index in [4.69, 9.17) is 34.6 Å². The quantitative estimate of drug-likeness (QED) is 0.253. The van der Waals surface area contributed by atoms with Crippen LogP contribution in [0.2, 0.25) is 0 Å². The molecule has 9 atom stereocenters. The Bertz CT molecular complexity index is 629. The molecule has 1 aromatic rings. The van der Waals surface area contributed by atoms with E-state index in [1.165, 1.54) is 0 Å². The Kier molecular flexibility index (Phi) is 10.0. The number of hydrogen-bond acceptors (Lipinski definition) is 11. The van der Waals surface area contributed by atoms with Crippen molar-refractivity contribution < 1.29 is 54.7 Å². The second-order valence-corrected chi connectivity index (χ2v) is 7.42. The van der Waals surface area contributed by atoms with Gasteiger partial charge in [0, 0.05) is 0 Å². The standard InChI is InChI=1S/C15H22O6.C5H10O5/c1-9-12(16)13(17)14(18)15(21-9)20-8-7-10-3-5-11(19-2)6-4-10;6-2-1-10-5(9)4(8)3(2)7/h3-6,9,12-18H,7-8H2,1-2H3;2-9H,1H2.